The van der Waals surface area contributed by atoms with Crippen molar-refractivity contribution >= 4 is 5.82 Å². The summed E-state index contributed by atoms with van der Waals surface area (Å²) in [4.78, 5) is 12.6. The predicted octanol–water partition coefficient (Wildman–Crippen LogP) is 2.36. The van der Waals surface area contributed by atoms with E-state index in [0.29, 0.717) is 0 Å². The summed E-state index contributed by atoms with van der Waals surface area (Å²) in [5.74, 6) is 1.59. The van der Waals surface area contributed by atoms with Crippen LogP contribution in [0.5, 0.6) is 0 Å². The summed E-state index contributed by atoms with van der Waals surface area (Å²) < 4.78 is 0. The fraction of sp³-hybridized carbons (Fsp3) is 0.250. The Kier molecular flexibility index (Phi) is 3.43. The molecule has 2 aromatic heterocycles. The predicted molar refractivity (Wildman–Crippen MR) is 64.0 cm³/mol. The Balaban J connectivity index is 2.22. The molecule has 0 aromatic carbocycles. The highest BCUT2D eigenvalue weighted by Crippen LogP contribution is 2.14. The molecule has 0 fully saturated rings. The third kappa shape index (κ3) is 2.53. The number of nitrogens with one attached hydrogen (secondary N) is 1. The fourth-order valence-electron chi connectivity index (χ4n) is 1.35. The lowest BCUT2D eigenvalue weighted by molar-refractivity contribution is 0.966. The zero-order valence-corrected chi connectivity index (χ0v) is 9.22. The van der Waals surface area contributed by atoms with Crippen molar-refractivity contribution in [1.29, 1.82) is 0 Å². The van der Waals surface area contributed by atoms with Crippen LogP contribution < -0.4 is 5.32 Å². The number of hydrogen-bond acceptors (Lipinski definition) is 4. The van der Waals surface area contributed by atoms with Crippen LogP contribution in [0.25, 0.3) is 11.4 Å². The fourth-order valence-corrected chi connectivity index (χ4v) is 1.35. The van der Waals surface area contributed by atoms with Crippen LogP contribution in [0.3, 0.4) is 0 Å². The monoisotopic (exact) mass is 214 g/mol. The third-order valence-electron chi connectivity index (χ3n) is 2.15. The maximum atomic E-state index is 4.43. The van der Waals surface area contributed by atoms with Crippen molar-refractivity contribution in [1.82, 2.24) is 15.0 Å². The van der Waals surface area contributed by atoms with E-state index in [0.717, 1.165) is 30.2 Å². The highest BCUT2D eigenvalue weighted by Gasteiger charge is 2.01. The second kappa shape index (κ2) is 5.21. The van der Waals surface area contributed by atoms with Crippen LogP contribution in [0.2, 0.25) is 0 Å². The number of aromatic nitrogens is 3. The second-order valence-electron chi connectivity index (χ2n) is 3.43. The van der Waals surface area contributed by atoms with Gasteiger partial charge in [-0.3, -0.25) is 4.98 Å². The van der Waals surface area contributed by atoms with Gasteiger partial charge in [0.25, 0.3) is 0 Å². The number of hydrogen-bond donors (Lipinski definition) is 1. The lowest BCUT2D eigenvalue weighted by Crippen LogP contribution is -2.02. The number of nitrogens with zero attached hydrogens (tertiary/aromatic N) is 3. The van der Waals surface area contributed by atoms with Gasteiger partial charge in [-0.25, -0.2) is 9.97 Å². The molecular weight excluding hydrogens is 200 g/mol. The molecule has 0 spiro atoms. The molecule has 0 unspecified atom stereocenters. The van der Waals surface area contributed by atoms with Gasteiger partial charge >= 0.3 is 0 Å². The van der Waals surface area contributed by atoms with Crippen molar-refractivity contribution < 1.29 is 0 Å². The lowest BCUT2D eigenvalue weighted by atomic mass is 10.2. The van der Waals surface area contributed by atoms with E-state index in [1.54, 1.807) is 18.6 Å². The molecule has 0 bridgehead atoms. The molecule has 0 radical (unpaired) electrons. The SMILES string of the molecule is CCCNc1ccnc(-c2ccncc2)n1. The summed E-state index contributed by atoms with van der Waals surface area (Å²) in [6, 6.07) is 5.68. The van der Waals surface area contributed by atoms with Crippen molar-refractivity contribution in [2.75, 3.05) is 11.9 Å². The summed E-state index contributed by atoms with van der Waals surface area (Å²) in [6.07, 6.45) is 6.32. The summed E-state index contributed by atoms with van der Waals surface area (Å²) in [5, 5.41) is 3.24. The Labute approximate surface area is 94.8 Å². The summed E-state index contributed by atoms with van der Waals surface area (Å²) in [6.45, 7) is 3.05. The molecule has 2 aromatic rings. The molecule has 0 saturated heterocycles. The molecule has 2 rings (SSSR count). The molecule has 82 valence electrons. The average molecular weight is 214 g/mol. The van der Waals surface area contributed by atoms with Crippen LogP contribution in [-0.2, 0) is 0 Å². The average Bonchev–Trinajstić information content (AvgIpc) is 2.38. The summed E-state index contributed by atoms with van der Waals surface area (Å²) in [7, 11) is 0. The summed E-state index contributed by atoms with van der Waals surface area (Å²) in [5.41, 5.74) is 0.982. The minimum atomic E-state index is 0.725. The Morgan fingerprint density at radius 2 is 1.94 bits per heavy atom. The molecule has 0 atom stereocenters. The molecule has 1 N–H and O–H groups in total. The zero-order valence-electron chi connectivity index (χ0n) is 9.22. The van der Waals surface area contributed by atoms with Crippen molar-refractivity contribution in [2.24, 2.45) is 0 Å². The van der Waals surface area contributed by atoms with Gasteiger partial charge in [-0.1, -0.05) is 6.92 Å². The lowest BCUT2D eigenvalue weighted by Gasteiger charge is -2.05. The van der Waals surface area contributed by atoms with E-state index < -0.39 is 0 Å². The topological polar surface area (TPSA) is 50.7 Å². The first-order valence-corrected chi connectivity index (χ1v) is 5.37. The quantitative estimate of drug-likeness (QED) is 0.848. The highest BCUT2D eigenvalue weighted by atomic mass is 15.0. The smallest absolute Gasteiger partial charge is 0.161 e. The minimum Gasteiger partial charge on any atom is -0.370 e. The molecule has 0 saturated carbocycles. The van der Waals surface area contributed by atoms with Gasteiger partial charge in [0.1, 0.15) is 5.82 Å². The summed E-state index contributed by atoms with van der Waals surface area (Å²) >= 11 is 0. The van der Waals surface area contributed by atoms with E-state index >= 15 is 0 Å². The van der Waals surface area contributed by atoms with Gasteiger partial charge in [-0.15, -0.1) is 0 Å². The number of rotatable bonds is 4. The highest BCUT2D eigenvalue weighted by molar-refractivity contribution is 5.55. The normalized spacial score (nSPS) is 10.1. The van der Waals surface area contributed by atoms with Gasteiger partial charge in [0.15, 0.2) is 5.82 Å². The molecule has 2 heterocycles. The van der Waals surface area contributed by atoms with E-state index in [9.17, 15) is 0 Å². The van der Waals surface area contributed by atoms with E-state index in [-0.39, 0.29) is 0 Å². The second-order valence-corrected chi connectivity index (χ2v) is 3.43. The molecular formula is C12H14N4. The van der Waals surface area contributed by atoms with Gasteiger partial charge in [0.2, 0.25) is 0 Å². The molecule has 0 amide bonds. The van der Waals surface area contributed by atoms with Gasteiger partial charge in [-0.2, -0.15) is 0 Å². The Morgan fingerprint density at radius 3 is 2.69 bits per heavy atom. The van der Waals surface area contributed by atoms with Crippen LogP contribution in [-0.4, -0.2) is 21.5 Å². The zero-order chi connectivity index (χ0) is 11.2. The molecule has 0 aliphatic rings. The standard InChI is InChI=1S/C12H14N4/c1-2-6-14-11-5-9-15-12(16-11)10-3-7-13-8-4-10/h3-5,7-9H,2,6H2,1H3,(H,14,15,16). The van der Waals surface area contributed by atoms with Gasteiger partial charge < -0.3 is 5.32 Å². The van der Waals surface area contributed by atoms with E-state index in [2.05, 4.69) is 27.2 Å². The van der Waals surface area contributed by atoms with Gasteiger partial charge in [-0.05, 0) is 24.6 Å². The van der Waals surface area contributed by atoms with Gasteiger partial charge in [0, 0.05) is 30.7 Å². The molecule has 4 nitrogen and oxygen atoms in total. The van der Waals surface area contributed by atoms with Crippen LogP contribution >= 0.6 is 0 Å². The first-order chi connectivity index (χ1) is 7.90. The van der Waals surface area contributed by atoms with Crippen molar-refractivity contribution in [3.05, 3.63) is 36.8 Å². The maximum Gasteiger partial charge on any atom is 0.161 e. The molecule has 0 aliphatic heterocycles. The van der Waals surface area contributed by atoms with Crippen molar-refractivity contribution in [3.8, 4) is 11.4 Å². The molecule has 16 heavy (non-hydrogen) atoms. The van der Waals surface area contributed by atoms with Gasteiger partial charge in [0.05, 0.1) is 0 Å². The minimum absolute atomic E-state index is 0.725. The molecule has 0 aliphatic carbocycles. The first-order valence-electron chi connectivity index (χ1n) is 5.37. The Morgan fingerprint density at radius 1 is 1.12 bits per heavy atom. The van der Waals surface area contributed by atoms with E-state index in [1.165, 1.54) is 0 Å². The number of anilines is 1. The third-order valence-corrected chi connectivity index (χ3v) is 2.15. The Bertz CT molecular complexity index is 442. The van der Waals surface area contributed by atoms with E-state index in [4.69, 9.17) is 0 Å². The largest absolute Gasteiger partial charge is 0.370 e. The van der Waals surface area contributed by atoms with Crippen LogP contribution in [0.15, 0.2) is 36.8 Å². The van der Waals surface area contributed by atoms with Crippen LogP contribution in [0, 0.1) is 0 Å². The maximum absolute atomic E-state index is 4.43. The molecule has 4 heteroatoms. The van der Waals surface area contributed by atoms with Crippen LogP contribution in [0.4, 0.5) is 5.82 Å². The van der Waals surface area contributed by atoms with Crippen molar-refractivity contribution in [2.45, 2.75) is 13.3 Å². The number of pyridine rings is 1. The van der Waals surface area contributed by atoms with Crippen molar-refractivity contribution in [3.63, 3.8) is 0 Å². The van der Waals surface area contributed by atoms with E-state index in [1.807, 2.05) is 18.2 Å². The van der Waals surface area contributed by atoms with Crippen LogP contribution in [0.1, 0.15) is 13.3 Å². The first kappa shape index (κ1) is 10.5. The Hall–Kier alpha value is -1.97.